The van der Waals surface area contributed by atoms with Crippen molar-refractivity contribution in [3.63, 3.8) is 0 Å². The molecule has 1 N–H and O–H groups in total. The van der Waals surface area contributed by atoms with Crippen LogP contribution in [0.4, 0.5) is 5.69 Å². The van der Waals surface area contributed by atoms with Crippen LogP contribution in [0.1, 0.15) is 12.0 Å². The van der Waals surface area contributed by atoms with E-state index in [2.05, 4.69) is 21.0 Å². The third kappa shape index (κ3) is 3.24. The summed E-state index contributed by atoms with van der Waals surface area (Å²) in [7, 11) is 1.40. The van der Waals surface area contributed by atoms with Crippen LogP contribution in [-0.4, -0.2) is 38.8 Å². The minimum absolute atomic E-state index is 0.0629. The fraction of sp³-hybridized carbons (Fsp3) is 0.429. The first-order valence-electron chi connectivity index (χ1n) is 6.29. The van der Waals surface area contributed by atoms with Gasteiger partial charge in [-0.2, -0.15) is 5.26 Å². The van der Waals surface area contributed by atoms with Gasteiger partial charge in [-0.25, -0.2) is 0 Å². The van der Waals surface area contributed by atoms with Gasteiger partial charge in [0.1, 0.15) is 6.07 Å². The van der Waals surface area contributed by atoms with Crippen LogP contribution in [-0.2, 0) is 9.53 Å². The Morgan fingerprint density at radius 2 is 2.37 bits per heavy atom. The van der Waals surface area contributed by atoms with E-state index in [4.69, 9.17) is 5.26 Å². The second kappa shape index (κ2) is 6.21. The predicted molar refractivity (Wildman–Crippen MR) is 71.8 cm³/mol. The zero-order chi connectivity index (χ0) is 13.7. The molecule has 0 amide bonds. The molecule has 1 saturated heterocycles. The highest BCUT2D eigenvalue weighted by Gasteiger charge is 2.23. The molecule has 2 rings (SSSR count). The molecule has 0 spiro atoms. The van der Waals surface area contributed by atoms with E-state index in [0.717, 1.165) is 18.8 Å². The van der Waals surface area contributed by atoms with E-state index >= 15 is 0 Å². The lowest BCUT2D eigenvalue weighted by Crippen LogP contribution is -2.51. The highest BCUT2D eigenvalue weighted by Crippen LogP contribution is 2.21. The minimum atomic E-state index is -0.215. The van der Waals surface area contributed by atoms with Gasteiger partial charge >= 0.3 is 5.97 Å². The summed E-state index contributed by atoms with van der Waals surface area (Å²) in [5, 5.41) is 12.4. The van der Waals surface area contributed by atoms with Gasteiger partial charge in [-0.1, -0.05) is 12.1 Å². The number of nitrogens with one attached hydrogen (secondary N) is 1. The third-order valence-corrected chi connectivity index (χ3v) is 3.26. The van der Waals surface area contributed by atoms with E-state index in [-0.39, 0.29) is 12.0 Å². The van der Waals surface area contributed by atoms with Gasteiger partial charge in [-0.3, -0.25) is 4.79 Å². The summed E-state index contributed by atoms with van der Waals surface area (Å²) >= 11 is 0. The molecule has 100 valence electrons. The van der Waals surface area contributed by atoms with Crippen LogP contribution in [0.3, 0.4) is 0 Å². The summed E-state index contributed by atoms with van der Waals surface area (Å²) in [5.41, 5.74) is 1.60. The number of piperazine rings is 1. The van der Waals surface area contributed by atoms with Crippen LogP contribution in [0.2, 0.25) is 0 Å². The molecule has 0 aliphatic carbocycles. The van der Waals surface area contributed by atoms with Crippen molar-refractivity contribution in [1.29, 1.82) is 5.26 Å². The number of nitriles is 1. The highest BCUT2D eigenvalue weighted by molar-refractivity contribution is 5.70. The number of esters is 1. The average Bonchev–Trinajstić information content (AvgIpc) is 2.47. The van der Waals surface area contributed by atoms with Crippen molar-refractivity contribution >= 4 is 11.7 Å². The Hall–Kier alpha value is -2.06. The third-order valence-electron chi connectivity index (χ3n) is 3.26. The van der Waals surface area contributed by atoms with Gasteiger partial charge in [0.15, 0.2) is 0 Å². The molecule has 0 aromatic heterocycles. The Bertz CT molecular complexity index is 496. The molecule has 0 radical (unpaired) electrons. The number of hydrogen-bond donors (Lipinski definition) is 1. The number of carbonyl (C=O) groups is 1. The summed E-state index contributed by atoms with van der Waals surface area (Å²) in [6, 6.07) is 9.81. The molecule has 1 aliphatic heterocycles. The lowest BCUT2D eigenvalue weighted by atomic mass is 10.1. The monoisotopic (exact) mass is 259 g/mol. The Balaban J connectivity index is 2.09. The van der Waals surface area contributed by atoms with Gasteiger partial charge in [0.25, 0.3) is 0 Å². The van der Waals surface area contributed by atoms with E-state index < -0.39 is 0 Å². The largest absolute Gasteiger partial charge is 0.469 e. The molecule has 5 heteroatoms. The number of carbonyl (C=O) groups excluding carboxylic acids is 1. The molecule has 1 fully saturated rings. The standard InChI is InChI=1S/C14H17N3O2/c1-19-14(18)8-12-10-17(7-6-16-12)13-5-3-2-4-11(13)9-15/h2-5,12,16H,6-8,10H2,1H3. The number of benzene rings is 1. The van der Waals surface area contributed by atoms with Gasteiger partial charge in [0.05, 0.1) is 24.8 Å². The van der Waals surface area contributed by atoms with Crippen molar-refractivity contribution in [3.8, 4) is 6.07 Å². The molecule has 1 aromatic rings. The average molecular weight is 259 g/mol. The molecular weight excluding hydrogens is 242 g/mol. The summed E-state index contributed by atoms with van der Waals surface area (Å²) in [6.45, 7) is 2.32. The molecule has 1 heterocycles. The molecule has 1 unspecified atom stereocenters. The minimum Gasteiger partial charge on any atom is -0.469 e. The Kier molecular flexibility index (Phi) is 4.37. The van der Waals surface area contributed by atoms with Crippen molar-refractivity contribution in [2.45, 2.75) is 12.5 Å². The second-order valence-corrected chi connectivity index (χ2v) is 4.51. The summed E-state index contributed by atoms with van der Waals surface area (Å²) < 4.78 is 4.69. The fourth-order valence-electron chi connectivity index (χ4n) is 2.31. The SMILES string of the molecule is COC(=O)CC1CN(c2ccccc2C#N)CCN1. The maximum atomic E-state index is 11.3. The normalized spacial score (nSPS) is 18.7. The van der Waals surface area contributed by atoms with Gasteiger partial charge in [-0.05, 0) is 12.1 Å². The highest BCUT2D eigenvalue weighted by atomic mass is 16.5. The van der Waals surface area contributed by atoms with Gasteiger partial charge < -0.3 is 15.0 Å². The number of hydrogen-bond acceptors (Lipinski definition) is 5. The summed E-state index contributed by atoms with van der Waals surface area (Å²) in [5.74, 6) is -0.215. The molecule has 0 bridgehead atoms. The number of methoxy groups -OCH3 is 1. The molecule has 1 aromatic carbocycles. The van der Waals surface area contributed by atoms with E-state index in [0.29, 0.717) is 18.5 Å². The van der Waals surface area contributed by atoms with E-state index in [9.17, 15) is 4.79 Å². The summed E-state index contributed by atoms with van der Waals surface area (Å²) in [4.78, 5) is 13.5. The Morgan fingerprint density at radius 1 is 1.58 bits per heavy atom. The smallest absolute Gasteiger partial charge is 0.307 e. The zero-order valence-electron chi connectivity index (χ0n) is 10.9. The second-order valence-electron chi connectivity index (χ2n) is 4.51. The van der Waals surface area contributed by atoms with Crippen molar-refractivity contribution in [2.24, 2.45) is 0 Å². The van der Waals surface area contributed by atoms with Gasteiger partial charge in [-0.15, -0.1) is 0 Å². The topological polar surface area (TPSA) is 65.4 Å². The van der Waals surface area contributed by atoms with Crippen LogP contribution in [0, 0.1) is 11.3 Å². The first kappa shape index (κ1) is 13.4. The van der Waals surface area contributed by atoms with Crippen molar-refractivity contribution in [3.05, 3.63) is 29.8 Å². The Labute approximate surface area is 112 Å². The molecule has 1 atom stereocenters. The number of para-hydroxylation sites is 1. The lowest BCUT2D eigenvalue weighted by molar-refractivity contribution is -0.141. The Morgan fingerprint density at radius 3 is 3.11 bits per heavy atom. The zero-order valence-corrected chi connectivity index (χ0v) is 10.9. The quantitative estimate of drug-likeness (QED) is 0.817. The van der Waals surface area contributed by atoms with Crippen LogP contribution in [0.15, 0.2) is 24.3 Å². The molecule has 0 saturated carbocycles. The van der Waals surface area contributed by atoms with Crippen LogP contribution in [0.5, 0.6) is 0 Å². The maximum Gasteiger partial charge on any atom is 0.307 e. The molecular formula is C14H17N3O2. The number of anilines is 1. The molecule has 19 heavy (non-hydrogen) atoms. The van der Waals surface area contributed by atoms with E-state index in [1.165, 1.54) is 7.11 Å². The fourth-order valence-corrected chi connectivity index (χ4v) is 2.31. The number of ether oxygens (including phenoxy) is 1. The van der Waals surface area contributed by atoms with E-state index in [1.54, 1.807) is 0 Å². The predicted octanol–water partition coefficient (Wildman–Crippen LogP) is 0.900. The number of rotatable bonds is 3. The van der Waals surface area contributed by atoms with Crippen LogP contribution in [0.25, 0.3) is 0 Å². The van der Waals surface area contributed by atoms with Crippen molar-refractivity contribution in [1.82, 2.24) is 5.32 Å². The van der Waals surface area contributed by atoms with Gasteiger partial charge in [0.2, 0.25) is 0 Å². The lowest BCUT2D eigenvalue weighted by Gasteiger charge is -2.35. The van der Waals surface area contributed by atoms with Crippen LogP contribution < -0.4 is 10.2 Å². The summed E-state index contributed by atoms with van der Waals surface area (Å²) in [6.07, 6.45) is 0.349. The molecule has 5 nitrogen and oxygen atoms in total. The first-order chi connectivity index (χ1) is 9.24. The van der Waals surface area contributed by atoms with Crippen LogP contribution >= 0.6 is 0 Å². The van der Waals surface area contributed by atoms with Crippen molar-refractivity contribution in [2.75, 3.05) is 31.6 Å². The van der Waals surface area contributed by atoms with Crippen molar-refractivity contribution < 1.29 is 9.53 Å². The number of nitrogens with zero attached hydrogens (tertiary/aromatic N) is 2. The first-order valence-corrected chi connectivity index (χ1v) is 6.29. The molecule has 1 aliphatic rings. The maximum absolute atomic E-state index is 11.3. The van der Waals surface area contributed by atoms with E-state index in [1.807, 2.05) is 24.3 Å². The van der Waals surface area contributed by atoms with Gasteiger partial charge in [0, 0.05) is 25.7 Å².